The zero-order chi connectivity index (χ0) is 7.56. The van der Waals surface area contributed by atoms with Crippen molar-refractivity contribution in [1.29, 1.82) is 0 Å². The molecule has 1 rings (SSSR count). The van der Waals surface area contributed by atoms with Gasteiger partial charge >= 0.3 is 6.09 Å². The molecule has 1 amide bonds. The summed E-state index contributed by atoms with van der Waals surface area (Å²) in [6, 6.07) is 0. The summed E-state index contributed by atoms with van der Waals surface area (Å²) < 4.78 is 8.92. The molecule has 0 saturated carbocycles. The zero-order valence-electron chi connectivity index (χ0n) is 4.70. The summed E-state index contributed by atoms with van der Waals surface area (Å²) in [4.78, 5) is 10.2. The first-order valence-electron chi connectivity index (χ1n) is 2.27. The summed E-state index contributed by atoms with van der Waals surface area (Å²) >= 11 is 4.30. The predicted molar refractivity (Wildman–Crippen MR) is 40.0 cm³/mol. The highest BCUT2D eigenvalue weighted by atomic mass is 79.9. The van der Waals surface area contributed by atoms with Crippen molar-refractivity contribution in [1.82, 2.24) is 4.37 Å². The Morgan fingerprint density at radius 1 is 1.90 bits per heavy atom. The van der Waals surface area contributed by atoms with E-state index in [2.05, 4.69) is 25.0 Å². The second kappa shape index (κ2) is 2.98. The first-order chi connectivity index (χ1) is 4.70. The minimum Gasteiger partial charge on any atom is -0.407 e. The Bertz CT molecular complexity index is 249. The normalized spacial score (nSPS) is 9.30. The minimum absolute atomic E-state index is 0.359. The first-order valence-corrected chi connectivity index (χ1v) is 3.84. The highest BCUT2D eigenvalue weighted by Gasteiger charge is 2.05. The molecule has 1 aromatic rings. The molecule has 0 radical (unpaired) electrons. The van der Waals surface area contributed by atoms with Gasteiger partial charge in [0.15, 0.2) is 5.75 Å². The Kier molecular flexibility index (Phi) is 2.23. The summed E-state index contributed by atoms with van der Waals surface area (Å²) in [5.41, 5.74) is 4.75. The molecule has 2 N–H and O–H groups in total. The molecule has 0 aliphatic carbocycles. The topological polar surface area (TPSA) is 65.2 Å². The molecule has 1 heterocycles. The van der Waals surface area contributed by atoms with Crippen molar-refractivity contribution in [3.63, 3.8) is 0 Å². The lowest BCUT2D eigenvalue weighted by molar-refractivity contribution is 0.210. The molecule has 0 fully saturated rings. The number of halogens is 1. The number of hydrogen-bond donors (Lipinski definition) is 1. The summed E-state index contributed by atoms with van der Waals surface area (Å²) in [5, 5.41) is 0. The largest absolute Gasteiger partial charge is 0.410 e. The standard InChI is InChI=1S/C4H3BrN2O2S/c5-3-2(1-7-10-3)9-4(6)8/h1H,(H2,6,8). The Hall–Kier alpha value is -0.620. The van der Waals surface area contributed by atoms with Crippen LogP contribution in [0.1, 0.15) is 0 Å². The van der Waals surface area contributed by atoms with Crippen LogP contribution in [0.15, 0.2) is 9.98 Å². The second-order valence-electron chi connectivity index (χ2n) is 1.38. The monoisotopic (exact) mass is 222 g/mol. The van der Waals surface area contributed by atoms with Crippen LogP contribution in [0.5, 0.6) is 5.75 Å². The number of nitrogens with two attached hydrogens (primary N) is 1. The number of ether oxygens (including phenoxy) is 1. The number of nitrogens with zero attached hydrogens (tertiary/aromatic N) is 1. The Morgan fingerprint density at radius 3 is 3.00 bits per heavy atom. The van der Waals surface area contributed by atoms with Gasteiger partial charge in [0.1, 0.15) is 3.79 Å². The van der Waals surface area contributed by atoms with Crippen LogP contribution in [-0.2, 0) is 0 Å². The lowest BCUT2D eigenvalue weighted by atomic mass is 10.7. The van der Waals surface area contributed by atoms with E-state index in [-0.39, 0.29) is 0 Å². The van der Waals surface area contributed by atoms with Crippen molar-refractivity contribution in [2.45, 2.75) is 0 Å². The molecule has 0 bridgehead atoms. The molecule has 6 heteroatoms. The van der Waals surface area contributed by atoms with Gasteiger partial charge in [-0.3, -0.25) is 0 Å². The molecule has 0 saturated heterocycles. The highest BCUT2D eigenvalue weighted by molar-refractivity contribution is 9.11. The van der Waals surface area contributed by atoms with E-state index in [4.69, 9.17) is 5.73 Å². The summed E-state index contributed by atoms with van der Waals surface area (Å²) in [5.74, 6) is 0.359. The minimum atomic E-state index is -0.833. The van der Waals surface area contributed by atoms with Crippen LogP contribution in [0.3, 0.4) is 0 Å². The van der Waals surface area contributed by atoms with Crippen molar-refractivity contribution in [3.05, 3.63) is 9.98 Å². The lowest BCUT2D eigenvalue weighted by Gasteiger charge is -1.93. The number of carbonyl (C=O) groups excluding carboxylic acids is 1. The summed E-state index contributed by atoms with van der Waals surface area (Å²) in [6.07, 6.45) is 0.584. The molecule has 0 spiro atoms. The fourth-order valence-corrected chi connectivity index (χ4v) is 1.25. The molecule has 0 aromatic carbocycles. The van der Waals surface area contributed by atoms with Crippen molar-refractivity contribution >= 4 is 33.6 Å². The average Bonchev–Trinajstić information content (AvgIpc) is 2.15. The van der Waals surface area contributed by atoms with Crippen LogP contribution in [0, 0.1) is 0 Å². The van der Waals surface area contributed by atoms with Gasteiger partial charge in [-0.05, 0) is 27.5 Å². The zero-order valence-corrected chi connectivity index (χ0v) is 7.11. The molecular formula is C4H3BrN2O2S. The van der Waals surface area contributed by atoms with E-state index in [0.717, 1.165) is 0 Å². The van der Waals surface area contributed by atoms with E-state index in [1.54, 1.807) is 0 Å². The Labute approximate surface area is 69.3 Å². The third-order valence-electron chi connectivity index (χ3n) is 0.707. The molecule has 4 nitrogen and oxygen atoms in total. The fraction of sp³-hybridized carbons (Fsp3) is 0. The van der Waals surface area contributed by atoms with E-state index in [1.165, 1.54) is 17.7 Å². The number of aromatic nitrogens is 1. The van der Waals surface area contributed by atoms with Crippen LogP contribution in [0.2, 0.25) is 0 Å². The van der Waals surface area contributed by atoms with E-state index in [1.807, 2.05) is 0 Å². The molecule has 54 valence electrons. The van der Waals surface area contributed by atoms with Crippen LogP contribution < -0.4 is 10.5 Å². The van der Waals surface area contributed by atoms with Crippen LogP contribution in [0.4, 0.5) is 4.79 Å². The third kappa shape index (κ3) is 1.68. The van der Waals surface area contributed by atoms with Gasteiger partial charge in [0.2, 0.25) is 0 Å². The van der Waals surface area contributed by atoms with Crippen LogP contribution >= 0.6 is 27.5 Å². The number of primary amides is 1. The Morgan fingerprint density at radius 2 is 2.60 bits per heavy atom. The van der Waals surface area contributed by atoms with Gasteiger partial charge in [-0.15, -0.1) is 0 Å². The smallest absolute Gasteiger partial charge is 0.407 e. The van der Waals surface area contributed by atoms with E-state index in [9.17, 15) is 4.79 Å². The Balaban J connectivity index is 2.74. The second-order valence-corrected chi connectivity index (χ2v) is 3.50. The molecule has 0 unspecified atom stereocenters. The number of hydrogen-bond acceptors (Lipinski definition) is 4. The van der Waals surface area contributed by atoms with Crippen LogP contribution in [-0.4, -0.2) is 10.5 Å². The predicted octanol–water partition coefficient (Wildman–Crippen LogP) is 1.36. The summed E-state index contributed by atoms with van der Waals surface area (Å²) in [6.45, 7) is 0. The number of amides is 1. The van der Waals surface area contributed by atoms with Crippen molar-refractivity contribution in [3.8, 4) is 5.75 Å². The third-order valence-corrected chi connectivity index (χ3v) is 2.10. The van der Waals surface area contributed by atoms with Crippen molar-refractivity contribution in [2.75, 3.05) is 0 Å². The molecular weight excluding hydrogens is 220 g/mol. The molecule has 1 aromatic heterocycles. The quantitative estimate of drug-likeness (QED) is 0.781. The lowest BCUT2D eigenvalue weighted by Crippen LogP contribution is -2.15. The molecule has 10 heavy (non-hydrogen) atoms. The van der Waals surface area contributed by atoms with Gasteiger partial charge in [0.05, 0.1) is 6.20 Å². The first kappa shape index (κ1) is 7.49. The van der Waals surface area contributed by atoms with Gasteiger partial charge in [0.25, 0.3) is 0 Å². The van der Waals surface area contributed by atoms with Gasteiger partial charge in [0, 0.05) is 0 Å². The SMILES string of the molecule is NC(=O)Oc1cnsc1Br. The van der Waals surface area contributed by atoms with Gasteiger partial charge in [-0.2, -0.15) is 4.37 Å². The average molecular weight is 223 g/mol. The highest BCUT2D eigenvalue weighted by Crippen LogP contribution is 2.27. The van der Waals surface area contributed by atoms with E-state index >= 15 is 0 Å². The van der Waals surface area contributed by atoms with E-state index < -0.39 is 6.09 Å². The maximum atomic E-state index is 10.2. The number of carbonyl (C=O) groups is 1. The number of rotatable bonds is 1. The molecule has 0 aliphatic heterocycles. The molecule has 0 atom stereocenters. The van der Waals surface area contributed by atoms with Gasteiger partial charge in [-0.1, -0.05) is 0 Å². The maximum absolute atomic E-state index is 10.2. The summed E-state index contributed by atoms with van der Waals surface area (Å²) in [7, 11) is 0. The van der Waals surface area contributed by atoms with Crippen molar-refractivity contribution in [2.24, 2.45) is 5.73 Å². The van der Waals surface area contributed by atoms with Crippen molar-refractivity contribution < 1.29 is 9.53 Å². The van der Waals surface area contributed by atoms with Crippen LogP contribution in [0.25, 0.3) is 0 Å². The fourth-order valence-electron chi connectivity index (χ4n) is 0.391. The molecule has 0 aliphatic rings. The van der Waals surface area contributed by atoms with E-state index in [0.29, 0.717) is 9.54 Å². The maximum Gasteiger partial charge on any atom is 0.410 e. The van der Waals surface area contributed by atoms with Gasteiger partial charge < -0.3 is 10.5 Å². The van der Waals surface area contributed by atoms with Gasteiger partial charge in [-0.25, -0.2) is 4.79 Å².